The first-order valence-corrected chi connectivity index (χ1v) is 10.1. The Balaban J connectivity index is 1.42. The lowest BCUT2D eigenvalue weighted by atomic mass is 10.1. The first-order chi connectivity index (χ1) is 14.1. The van der Waals surface area contributed by atoms with E-state index in [1.54, 1.807) is 24.3 Å². The Labute approximate surface area is 178 Å². The summed E-state index contributed by atoms with van der Waals surface area (Å²) in [6.07, 6.45) is 1.12. The number of amides is 2. The van der Waals surface area contributed by atoms with Crippen LogP contribution in [0.25, 0.3) is 0 Å². The predicted molar refractivity (Wildman–Crippen MR) is 121 cm³/mol. The Hall–Kier alpha value is -3.12. The van der Waals surface area contributed by atoms with Crippen LogP contribution in [0.1, 0.15) is 12.0 Å². The molecule has 148 valence electrons. The average Bonchev–Trinajstić information content (AvgIpc) is 2.74. The summed E-state index contributed by atoms with van der Waals surface area (Å²) in [7, 11) is 0. The number of hydrogen-bond acceptors (Lipinski definition) is 3. The zero-order valence-electron chi connectivity index (χ0n) is 15.8. The highest BCUT2D eigenvalue weighted by atomic mass is 79.9. The second kappa shape index (κ2) is 10.4. The Morgan fingerprint density at radius 3 is 1.86 bits per heavy atom. The van der Waals surface area contributed by atoms with Gasteiger partial charge in [-0.15, -0.1) is 0 Å². The van der Waals surface area contributed by atoms with Crippen LogP contribution in [0, 0.1) is 0 Å². The van der Waals surface area contributed by atoms with E-state index in [1.165, 1.54) is 0 Å². The van der Waals surface area contributed by atoms with Crippen molar-refractivity contribution in [2.45, 2.75) is 12.8 Å². The molecule has 0 aromatic heterocycles. The molecule has 0 saturated heterocycles. The SMILES string of the molecule is O=C(CCc1ccccc1)Nc1ccc(NC(=O)CNc2ccc(Br)cc2)cc1. The van der Waals surface area contributed by atoms with Crippen LogP contribution >= 0.6 is 15.9 Å². The van der Waals surface area contributed by atoms with Crippen LogP contribution in [-0.2, 0) is 16.0 Å². The highest BCUT2D eigenvalue weighted by Crippen LogP contribution is 2.16. The largest absolute Gasteiger partial charge is 0.376 e. The number of aryl methyl sites for hydroxylation is 1. The molecule has 0 aliphatic heterocycles. The number of nitrogens with one attached hydrogen (secondary N) is 3. The molecule has 3 aromatic rings. The Morgan fingerprint density at radius 2 is 1.24 bits per heavy atom. The van der Waals surface area contributed by atoms with Crippen LogP contribution in [0.4, 0.5) is 17.1 Å². The van der Waals surface area contributed by atoms with Gasteiger partial charge < -0.3 is 16.0 Å². The summed E-state index contributed by atoms with van der Waals surface area (Å²) in [6, 6.07) is 24.6. The van der Waals surface area contributed by atoms with Crippen molar-refractivity contribution in [1.29, 1.82) is 0 Å². The minimum absolute atomic E-state index is 0.0377. The fraction of sp³-hybridized carbons (Fsp3) is 0.130. The Kier molecular flexibility index (Phi) is 7.41. The highest BCUT2D eigenvalue weighted by molar-refractivity contribution is 9.10. The zero-order chi connectivity index (χ0) is 20.5. The van der Waals surface area contributed by atoms with Gasteiger partial charge in [-0.2, -0.15) is 0 Å². The second-order valence-corrected chi connectivity index (χ2v) is 7.44. The maximum Gasteiger partial charge on any atom is 0.243 e. The molecule has 3 N–H and O–H groups in total. The van der Waals surface area contributed by atoms with Crippen LogP contribution in [0.2, 0.25) is 0 Å². The molecule has 0 atom stereocenters. The van der Waals surface area contributed by atoms with Gasteiger partial charge in [-0.3, -0.25) is 9.59 Å². The molecule has 6 heteroatoms. The number of anilines is 3. The van der Waals surface area contributed by atoms with Gasteiger partial charge >= 0.3 is 0 Å². The van der Waals surface area contributed by atoms with Gasteiger partial charge in [-0.25, -0.2) is 0 Å². The predicted octanol–water partition coefficient (Wildman–Crippen LogP) is 5.07. The molecular formula is C23H22BrN3O2. The number of carbonyl (C=O) groups is 2. The average molecular weight is 452 g/mol. The summed E-state index contributed by atoms with van der Waals surface area (Å²) >= 11 is 3.38. The second-order valence-electron chi connectivity index (χ2n) is 6.52. The van der Waals surface area contributed by atoms with Crippen LogP contribution in [0.15, 0.2) is 83.3 Å². The van der Waals surface area contributed by atoms with Crippen molar-refractivity contribution < 1.29 is 9.59 Å². The molecular weight excluding hydrogens is 430 g/mol. The molecule has 5 nitrogen and oxygen atoms in total. The minimum atomic E-state index is -0.146. The van der Waals surface area contributed by atoms with Crippen LogP contribution < -0.4 is 16.0 Å². The normalized spacial score (nSPS) is 10.2. The van der Waals surface area contributed by atoms with Crippen molar-refractivity contribution in [3.05, 3.63) is 88.9 Å². The fourth-order valence-electron chi connectivity index (χ4n) is 2.72. The van der Waals surface area contributed by atoms with E-state index in [0.717, 1.165) is 15.7 Å². The van der Waals surface area contributed by atoms with E-state index in [9.17, 15) is 9.59 Å². The third-order valence-electron chi connectivity index (χ3n) is 4.23. The molecule has 2 amide bonds. The van der Waals surface area contributed by atoms with Crippen molar-refractivity contribution in [2.75, 3.05) is 22.5 Å². The summed E-state index contributed by atoms with van der Waals surface area (Å²) in [5.74, 6) is -0.183. The smallest absolute Gasteiger partial charge is 0.243 e. The van der Waals surface area contributed by atoms with Gasteiger partial charge in [0.25, 0.3) is 0 Å². The van der Waals surface area contributed by atoms with E-state index in [0.29, 0.717) is 24.2 Å². The first-order valence-electron chi connectivity index (χ1n) is 9.31. The summed E-state index contributed by atoms with van der Waals surface area (Å²) in [5, 5.41) is 8.77. The zero-order valence-corrected chi connectivity index (χ0v) is 17.4. The molecule has 0 heterocycles. The molecule has 0 bridgehead atoms. The van der Waals surface area contributed by atoms with Gasteiger partial charge in [0.2, 0.25) is 11.8 Å². The third-order valence-corrected chi connectivity index (χ3v) is 4.76. The quantitative estimate of drug-likeness (QED) is 0.447. The molecule has 0 aliphatic rings. The fourth-order valence-corrected chi connectivity index (χ4v) is 2.98. The van der Waals surface area contributed by atoms with Gasteiger partial charge in [0.15, 0.2) is 0 Å². The van der Waals surface area contributed by atoms with Crippen molar-refractivity contribution in [2.24, 2.45) is 0 Å². The van der Waals surface area contributed by atoms with Crippen LogP contribution in [-0.4, -0.2) is 18.4 Å². The van der Waals surface area contributed by atoms with Gasteiger partial charge in [0.05, 0.1) is 6.54 Å². The lowest BCUT2D eigenvalue weighted by Gasteiger charge is -2.09. The van der Waals surface area contributed by atoms with Crippen molar-refractivity contribution in [3.63, 3.8) is 0 Å². The van der Waals surface area contributed by atoms with Crippen LogP contribution in [0.5, 0.6) is 0 Å². The summed E-state index contributed by atoms with van der Waals surface area (Å²) in [6.45, 7) is 0.166. The minimum Gasteiger partial charge on any atom is -0.376 e. The van der Waals surface area contributed by atoms with Crippen molar-refractivity contribution in [1.82, 2.24) is 0 Å². The van der Waals surface area contributed by atoms with E-state index in [1.807, 2.05) is 54.6 Å². The molecule has 0 fully saturated rings. The number of rotatable bonds is 8. The number of carbonyl (C=O) groups excluding carboxylic acids is 2. The van der Waals surface area contributed by atoms with Gasteiger partial charge in [0, 0.05) is 28.0 Å². The molecule has 0 aliphatic carbocycles. The summed E-state index contributed by atoms with van der Waals surface area (Å²) in [5.41, 5.74) is 3.39. The summed E-state index contributed by atoms with van der Waals surface area (Å²) in [4.78, 5) is 24.2. The standard InChI is InChI=1S/C23H22BrN3O2/c24-18-7-9-19(10-8-18)25-16-23(29)27-21-13-11-20(12-14-21)26-22(28)15-6-17-4-2-1-3-5-17/h1-5,7-14,25H,6,15-16H2,(H,26,28)(H,27,29). The Bertz CT molecular complexity index is 942. The van der Waals surface area contributed by atoms with Crippen molar-refractivity contribution >= 4 is 44.8 Å². The molecule has 29 heavy (non-hydrogen) atoms. The number of benzene rings is 3. The van der Waals surface area contributed by atoms with Crippen molar-refractivity contribution in [3.8, 4) is 0 Å². The lowest BCUT2D eigenvalue weighted by Crippen LogP contribution is -2.21. The topological polar surface area (TPSA) is 70.2 Å². The molecule has 3 aromatic carbocycles. The summed E-state index contributed by atoms with van der Waals surface area (Å²) < 4.78 is 0.986. The maximum atomic E-state index is 12.1. The molecule has 0 unspecified atom stereocenters. The van der Waals surface area contributed by atoms with Crippen LogP contribution in [0.3, 0.4) is 0 Å². The van der Waals surface area contributed by atoms with Gasteiger partial charge in [-0.1, -0.05) is 46.3 Å². The molecule has 3 rings (SSSR count). The van der Waals surface area contributed by atoms with E-state index < -0.39 is 0 Å². The van der Waals surface area contributed by atoms with Gasteiger partial charge in [-0.05, 0) is 60.5 Å². The maximum absolute atomic E-state index is 12.1. The molecule has 0 saturated carbocycles. The molecule has 0 spiro atoms. The monoisotopic (exact) mass is 451 g/mol. The number of hydrogen-bond donors (Lipinski definition) is 3. The van der Waals surface area contributed by atoms with E-state index in [2.05, 4.69) is 31.9 Å². The third kappa shape index (κ3) is 7.08. The first kappa shape index (κ1) is 20.6. The van der Waals surface area contributed by atoms with Gasteiger partial charge in [0.1, 0.15) is 0 Å². The van der Waals surface area contributed by atoms with E-state index in [-0.39, 0.29) is 18.4 Å². The highest BCUT2D eigenvalue weighted by Gasteiger charge is 2.05. The van der Waals surface area contributed by atoms with E-state index >= 15 is 0 Å². The Morgan fingerprint density at radius 1 is 0.690 bits per heavy atom. The lowest BCUT2D eigenvalue weighted by molar-refractivity contribution is -0.116. The molecule has 0 radical (unpaired) electrons. The number of halogens is 1. The van der Waals surface area contributed by atoms with E-state index in [4.69, 9.17) is 0 Å².